The van der Waals surface area contributed by atoms with E-state index in [-0.39, 0.29) is 16.1 Å². The summed E-state index contributed by atoms with van der Waals surface area (Å²) < 4.78 is 52.3. The highest BCUT2D eigenvalue weighted by Gasteiger charge is 2.26. The van der Waals surface area contributed by atoms with E-state index in [2.05, 4.69) is 5.32 Å². The number of anilines is 1. The van der Waals surface area contributed by atoms with Crippen LogP contribution < -0.4 is 11.1 Å². The van der Waals surface area contributed by atoms with Crippen LogP contribution >= 0.6 is 11.3 Å². The summed E-state index contributed by atoms with van der Waals surface area (Å²) in [4.78, 5) is 34.1. The number of esters is 1. The lowest BCUT2D eigenvalue weighted by Gasteiger charge is -2.07. The highest BCUT2D eigenvalue weighted by atomic mass is 32.2. The Balaban J connectivity index is 1.96. The van der Waals surface area contributed by atoms with Crippen LogP contribution in [0.4, 0.5) is 13.8 Å². The molecule has 0 atom stereocenters. The van der Waals surface area contributed by atoms with Crippen LogP contribution in [0.1, 0.15) is 20.7 Å². The molecule has 3 N–H and O–H groups in total. The molecule has 0 unspecified atom stereocenters. The quantitative estimate of drug-likeness (QED) is 0.657. The van der Waals surface area contributed by atoms with Gasteiger partial charge in [0.15, 0.2) is 6.61 Å². The van der Waals surface area contributed by atoms with Crippen LogP contribution in [0.25, 0.3) is 0 Å². The number of hydrogen-bond donors (Lipinski definition) is 2. The first kappa shape index (κ1) is 20.5. The number of alkyl halides is 2. The number of carbonyl (C=O) groups is 3. The maximum atomic E-state index is 12.4. The minimum atomic E-state index is -4.77. The van der Waals surface area contributed by atoms with E-state index >= 15 is 0 Å². The average molecular weight is 418 g/mol. The number of hydrogen-bond acceptors (Lipinski definition) is 7. The molecule has 0 saturated heterocycles. The van der Waals surface area contributed by atoms with Crippen molar-refractivity contribution in [3.63, 3.8) is 0 Å². The van der Waals surface area contributed by atoms with Gasteiger partial charge in [0.1, 0.15) is 5.00 Å². The number of sulfone groups is 1. The number of amides is 2. The second-order valence-corrected chi connectivity index (χ2v) is 7.82. The molecule has 144 valence electrons. The molecule has 0 aliphatic heterocycles. The Morgan fingerprint density at radius 3 is 2.33 bits per heavy atom. The first-order valence-corrected chi connectivity index (χ1v) is 9.52. The van der Waals surface area contributed by atoms with Gasteiger partial charge in [-0.3, -0.25) is 9.59 Å². The maximum Gasteiger partial charge on any atom is 0.341 e. The molecule has 0 spiro atoms. The molecule has 1 aromatic carbocycles. The van der Waals surface area contributed by atoms with E-state index in [0.29, 0.717) is 0 Å². The first-order chi connectivity index (χ1) is 12.6. The van der Waals surface area contributed by atoms with Crippen LogP contribution in [0.5, 0.6) is 0 Å². The van der Waals surface area contributed by atoms with Gasteiger partial charge in [-0.1, -0.05) is 0 Å². The van der Waals surface area contributed by atoms with Gasteiger partial charge in [-0.05, 0) is 35.7 Å². The van der Waals surface area contributed by atoms with Crippen LogP contribution in [-0.2, 0) is 19.4 Å². The third kappa shape index (κ3) is 4.86. The molecule has 0 bridgehead atoms. The van der Waals surface area contributed by atoms with Gasteiger partial charge in [-0.2, -0.15) is 8.78 Å². The lowest BCUT2D eigenvalue weighted by atomic mass is 10.2. The van der Waals surface area contributed by atoms with Crippen molar-refractivity contribution >= 4 is 44.0 Å². The summed E-state index contributed by atoms with van der Waals surface area (Å²) in [5, 5.41) is 4.10. The lowest BCUT2D eigenvalue weighted by molar-refractivity contribution is -0.119. The standard InChI is InChI=1S/C15H12F2N2O6S2/c16-15(17)27(23,24)9-3-1-8(2-4-9)14(22)25-7-11(20)19-13-10(12(18)21)5-6-26-13/h1-6,15H,7H2,(H2,18,21)(H,19,20). The van der Waals surface area contributed by atoms with E-state index in [1.54, 1.807) is 0 Å². The number of thiophene rings is 1. The van der Waals surface area contributed by atoms with Crippen LogP contribution in [0.3, 0.4) is 0 Å². The van der Waals surface area contributed by atoms with Crippen LogP contribution in [-0.4, -0.2) is 38.6 Å². The number of nitrogens with one attached hydrogen (secondary N) is 1. The zero-order valence-corrected chi connectivity index (χ0v) is 15.0. The molecule has 27 heavy (non-hydrogen) atoms. The fourth-order valence-electron chi connectivity index (χ4n) is 1.86. The van der Waals surface area contributed by atoms with Crippen molar-refractivity contribution in [2.24, 2.45) is 5.73 Å². The molecule has 1 heterocycles. The Labute approximate surface area is 155 Å². The summed E-state index contributed by atoms with van der Waals surface area (Å²) in [6.07, 6.45) is 0. The van der Waals surface area contributed by atoms with E-state index in [0.717, 1.165) is 35.6 Å². The van der Waals surface area contributed by atoms with Gasteiger partial charge in [0.2, 0.25) is 9.84 Å². The minimum absolute atomic E-state index is 0.107. The highest BCUT2D eigenvalue weighted by molar-refractivity contribution is 7.91. The molecule has 0 saturated carbocycles. The van der Waals surface area contributed by atoms with Gasteiger partial charge in [-0.25, -0.2) is 13.2 Å². The molecule has 8 nitrogen and oxygen atoms in total. The number of benzene rings is 1. The van der Waals surface area contributed by atoms with Gasteiger partial charge in [-0.15, -0.1) is 11.3 Å². The summed E-state index contributed by atoms with van der Waals surface area (Å²) in [6, 6.07) is 5.06. The normalized spacial score (nSPS) is 11.2. The summed E-state index contributed by atoms with van der Waals surface area (Å²) in [6.45, 7) is -0.688. The lowest BCUT2D eigenvalue weighted by Crippen LogP contribution is -2.22. The average Bonchev–Trinajstić information content (AvgIpc) is 3.08. The number of primary amides is 1. The SMILES string of the molecule is NC(=O)c1ccsc1NC(=O)COC(=O)c1ccc(S(=O)(=O)C(F)F)cc1. The molecular weight excluding hydrogens is 406 g/mol. The van der Waals surface area contributed by atoms with Gasteiger partial charge in [0.25, 0.3) is 11.8 Å². The molecule has 2 rings (SSSR count). The van der Waals surface area contributed by atoms with Crippen LogP contribution in [0, 0.1) is 0 Å². The van der Waals surface area contributed by atoms with Gasteiger partial charge in [0, 0.05) is 0 Å². The predicted molar refractivity (Wildman–Crippen MR) is 91.4 cm³/mol. The second kappa shape index (κ2) is 8.22. The van der Waals surface area contributed by atoms with E-state index in [1.807, 2.05) is 0 Å². The van der Waals surface area contributed by atoms with E-state index in [4.69, 9.17) is 10.5 Å². The topological polar surface area (TPSA) is 133 Å². The Kier molecular flexibility index (Phi) is 6.23. The van der Waals surface area contributed by atoms with Gasteiger partial charge >= 0.3 is 11.7 Å². The maximum absolute atomic E-state index is 12.4. The molecular formula is C15H12F2N2O6S2. The first-order valence-electron chi connectivity index (χ1n) is 7.09. The smallest absolute Gasteiger partial charge is 0.341 e. The molecule has 0 aliphatic rings. The highest BCUT2D eigenvalue weighted by Crippen LogP contribution is 2.22. The van der Waals surface area contributed by atoms with Crippen molar-refractivity contribution in [2.45, 2.75) is 10.7 Å². The molecule has 0 aliphatic carbocycles. The number of halogens is 2. The molecule has 12 heteroatoms. The molecule has 2 amide bonds. The summed E-state index contributed by atoms with van der Waals surface area (Å²) in [5.41, 5.74) is 5.11. The molecule has 2 aromatic rings. The zero-order chi connectivity index (χ0) is 20.2. The van der Waals surface area contributed by atoms with E-state index in [9.17, 15) is 31.6 Å². The number of nitrogens with two attached hydrogens (primary N) is 1. The molecule has 1 aromatic heterocycles. The Morgan fingerprint density at radius 2 is 1.78 bits per heavy atom. The minimum Gasteiger partial charge on any atom is -0.452 e. The van der Waals surface area contributed by atoms with E-state index < -0.39 is 44.9 Å². The number of ether oxygens (including phenoxy) is 1. The largest absolute Gasteiger partial charge is 0.452 e. The monoisotopic (exact) mass is 418 g/mol. The third-order valence-electron chi connectivity index (χ3n) is 3.17. The van der Waals surface area contributed by atoms with Crippen molar-refractivity contribution in [1.82, 2.24) is 0 Å². The Morgan fingerprint density at radius 1 is 1.15 bits per heavy atom. The number of rotatable bonds is 7. The van der Waals surface area contributed by atoms with Crippen molar-refractivity contribution in [3.05, 3.63) is 46.8 Å². The van der Waals surface area contributed by atoms with Crippen LogP contribution in [0.2, 0.25) is 0 Å². The Hall–Kier alpha value is -2.86. The second-order valence-electron chi connectivity index (χ2n) is 4.98. The molecule has 0 radical (unpaired) electrons. The fraction of sp³-hybridized carbons (Fsp3) is 0.133. The zero-order valence-electron chi connectivity index (χ0n) is 13.3. The van der Waals surface area contributed by atoms with Crippen molar-refractivity contribution in [3.8, 4) is 0 Å². The summed E-state index contributed by atoms with van der Waals surface area (Å²) in [7, 11) is -4.77. The number of carbonyl (C=O) groups excluding carboxylic acids is 3. The predicted octanol–water partition coefficient (Wildman–Crippen LogP) is 1.64. The van der Waals surface area contributed by atoms with Crippen molar-refractivity contribution in [2.75, 3.05) is 11.9 Å². The summed E-state index contributed by atoms with van der Waals surface area (Å²) >= 11 is 1.05. The molecule has 0 fully saturated rings. The Bertz CT molecular complexity index is 970. The third-order valence-corrected chi connectivity index (χ3v) is 5.40. The summed E-state index contributed by atoms with van der Waals surface area (Å²) in [5.74, 6) is -6.01. The van der Waals surface area contributed by atoms with Crippen LogP contribution in [0.15, 0.2) is 40.6 Å². The van der Waals surface area contributed by atoms with E-state index in [1.165, 1.54) is 11.4 Å². The fourth-order valence-corrected chi connectivity index (χ4v) is 3.39. The van der Waals surface area contributed by atoms with Gasteiger partial charge in [0.05, 0.1) is 16.0 Å². The van der Waals surface area contributed by atoms with Crippen molar-refractivity contribution in [1.29, 1.82) is 0 Å². The van der Waals surface area contributed by atoms with Gasteiger partial charge < -0.3 is 15.8 Å². The van der Waals surface area contributed by atoms with Crippen molar-refractivity contribution < 1.29 is 36.3 Å².